The molecule has 1 aromatic rings. The van der Waals surface area contributed by atoms with Crippen molar-refractivity contribution in [3.8, 4) is 0 Å². The molecule has 0 saturated carbocycles. The number of hydrogen-bond acceptors (Lipinski definition) is 2. The summed E-state index contributed by atoms with van der Waals surface area (Å²) < 4.78 is 36.7. The highest BCUT2D eigenvalue weighted by atomic mass is 79.9. The molecular weight excluding hydrogens is 315 g/mol. The number of thioether (sulfide) groups is 1. The van der Waals surface area contributed by atoms with Crippen LogP contribution in [0.1, 0.15) is 12.5 Å². The third-order valence-corrected chi connectivity index (χ3v) is 3.36. The number of alkyl halides is 3. The van der Waals surface area contributed by atoms with Crippen LogP contribution in [0.15, 0.2) is 22.7 Å². The van der Waals surface area contributed by atoms with Crippen molar-refractivity contribution in [2.24, 2.45) is 0 Å². The maximum atomic E-state index is 11.9. The van der Waals surface area contributed by atoms with Crippen molar-refractivity contribution < 1.29 is 13.2 Å². The summed E-state index contributed by atoms with van der Waals surface area (Å²) in [5.41, 5.74) is -2.15. The van der Waals surface area contributed by atoms with Crippen LogP contribution in [0.2, 0.25) is 0 Å². The van der Waals surface area contributed by atoms with E-state index in [4.69, 9.17) is 0 Å². The molecule has 0 bridgehead atoms. The molecule has 96 valence electrons. The Hall–Kier alpha value is -0.360. The van der Waals surface area contributed by atoms with Crippen molar-refractivity contribution in [3.05, 3.63) is 28.2 Å². The van der Waals surface area contributed by atoms with Gasteiger partial charge in [-0.1, -0.05) is 22.9 Å². The van der Waals surface area contributed by atoms with Crippen molar-refractivity contribution in [3.63, 3.8) is 0 Å². The average molecular weight is 328 g/mol. The highest BCUT2D eigenvalue weighted by Crippen LogP contribution is 2.30. The van der Waals surface area contributed by atoms with E-state index in [-0.39, 0.29) is 17.5 Å². The molecular formula is C11H13BrF3NS. The molecule has 0 aliphatic carbocycles. The molecule has 0 heterocycles. The van der Waals surface area contributed by atoms with Gasteiger partial charge in [-0.2, -0.15) is 13.2 Å². The Morgan fingerprint density at radius 2 is 2.06 bits per heavy atom. The molecule has 1 aromatic carbocycles. The zero-order valence-corrected chi connectivity index (χ0v) is 11.7. The van der Waals surface area contributed by atoms with Crippen LogP contribution in [-0.2, 0) is 6.42 Å². The van der Waals surface area contributed by atoms with E-state index in [1.165, 1.54) is 0 Å². The van der Waals surface area contributed by atoms with E-state index >= 15 is 0 Å². The molecule has 17 heavy (non-hydrogen) atoms. The first-order valence-corrected chi connectivity index (χ1v) is 6.93. The third-order valence-electron chi connectivity index (χ3n) is 2.13. The van der Waals surface area contributed by atoms with Gasteiger partial charge in [0, 0.05) is 22.5 Å². The molecule has 0 saturated heterocycles. The first kappa shape index (κ1) is 14.7. The van der Waals surface area contributed by atoms with Gasteiger partial charge in [0.25, 0.3) is 0 Å². The lowest BCUT2D eigenvalue weighted by Crippen LogP contribution is -2.10. The van der Waals surface area contributed by atoms with Gasteiger partial charge >= 0.3 is 5.51 Å². The fourth-order valence-corrected chi connectivity index (χ4v) is 2.22. The van der Waals surface area contributed by atoms with Crippen LogP contribution in [0, 0.1) is 0 Å². The monoisotopic (exact) mass is 327 g/mol. The molecule has 0 unspecified atom stereocenters. The summed E-state index contributed by atoms with van der Waals surface area (Å²) in [6.45, 7) is 2.32. The second-order valence-corrected chi connectivity index (χ2v) is 5.45. The van der Waals surface area contributed by atoms with Gasteiger partial charge in [-0.3, -0.25) is 0 Å². The van der Waals surface area contributed by atoms with Crippen LogP contribution in [0.3, 0.4) is 0 Å². The number of rotatable bonds is 5. The number of aryl methyl sites for hydroxylation is 1. The van der Waals surface area contributed by atoms with Gasteiger partial charge in [-0.05, 0) is 41.9 Å². The summed E-state index contributed by atoms with van der Waals surface area (Å²) in [5, 5.41) is 3.02. The molecule has 1 nitrogen and oxygen atoms in total. The summed E-state index contributed by atoms with van der Waals surface area (Å²) in [7, 11) is 0. The highest BCUT2D eigenvalue weighted by Gasteiger charge is 2.27. The molecule has 1 rings (SSSR count). The maximum absolute atomic E-state index is 11.9. The largest absolute Gasteiger partial charge is 0.441 e. The van der Waals surface area contributed by atoms with E-state index in [9.17, 15) is 13.2 Å². The molecule has 0 atom stereocenters. The topological polar surface area (TPSA) is 12.0 Å². The Kier molecular flexibility index (Phi) is 5.66. The number of anilines is 1. The Morgan fingerprint density at radius 1 is 1.35 bits per heavy atom. The number of hydrogen-bond donors (Lipinski definition) is 1. The van der Waals surface area contributed by atoms with Crippen molar-refractivity contribution >= 4 is 33.4 Å². The van der Waals surface area contributed by atoms with E-state index in [1.54, 1.807) is 0 Å². The lowest BCUT2D eigenvalue weighted by Gasteiger charge is -2.12. The molecule has 6 heteroatoms. The van der Waals surface area contributed by atoms with Crippen molar-refractivity contribution in [2.75, 3.05) is 17.6 Å². The van der Waals surface area contributed by atoms with Crippen LogP contribution in [0.25, 0.3) is 0 Å². The first-order chi connectivity index (χ1) is 7.92. The molecule has 0 aliphatic rings. The van der Waals surface area contributed by atoms with Gasteiger partial charge in [0.2, 0.25) is 0 Å². The van der Waals surface area contributed by atoms with Crippen LogP contribution in [0.5, 0.6) is 0 Å². The van der Waals surface area contributed by atoms with Gasteiger partial charge in [0.05, 0.1) is 0 Å². The van der Waals surface area contributed by atoms with Crippen LogP contribution >= 0.6 is 27.7 Å². The van der Waals surface area contributed by atoms with Crippen molar-refractivity contribution in [2.45, 2.75) is 18.9 Å². The van der Waals surface area contributed by atoms with Crippen LogP contribution in [0.4, 0.5) is 18.9 Å². The first-order valence-electron chi connectivity index (χ1n) is 5.15. The van der Waals surface area contributed by atoms with E-state index in [2.05, 4.69) is 21.2 Å². The van der Waals surface area contributed by atoms with E-state index in [0.29, 0.717) is 6.54 Å². The van der Waals surface area contributed by atoms with Crippen molar-refractivity contribution in [1.29, 1.82) is 0 Å². The smallest absolute Gasteiger partial charge is 0.384 e. The van der Waals surface area contributed by atoms with Gasteiger partial charge in [0.1, 0.15) is 0 Å². The number of halogens is 4. The fourth-order valence-electron chi connectivity index (χ4n) is 1.38. The van der Waals surface area contributed by atoms with Gasteiger partial charge in [-0.25, -0.2) is 0 Å². The highest BCUT2D eigenvalue weighted by molar-refractivity contribution is 9.10. The zero-order valence-electron chi connectivity index (χ0n) is 9.27. The second-order valence-electron chi connectivity index (χ2n) is 3.38. The predicted octanol–water partition coefficient (Wildman–Crippen LogP) is 4.68. The summed E-state index contributed by atoms with van der Waals surface area (Å²) in [6, 6.07) is 5.72. The Bertz CT molecular complexity index is 368. The Balaban J connectivity index is 2.46. The van der Waals surface area contributed by atoms with Gasteiger partial charge < -0.3 is 5.32 Å². The molecule has 0 radical (unpaired) electrons. The van der Waals surface area contributed by atoms with E-state index in [0.717, 1.165) is 22.1 Å². The van der Waals surface area contributed by atoms with Crippen molar-refractivity contribution in [1.82, 2.24) is 0 Å². The number of benzene rings is 1. The summed E-state index contributed by atoms with van der Waals surface area (Å²) >= 11 is 3.36. The minimum atomic E-state index is -4.14. The zero-order chi connectivity index (χ0) is 12.9. The van der Waals surface area contributed by atoms with Gasteiger partial charge in [0.15, 0.2) is 0 Å². The molecule has 0 fully saturated rings. The third kappa shape index (κ3) is 5.68. The minimum absolute atomic E-state index is 0.00234. The van der Waals surface area contributed by atoms with Gasteiger partial charge in [-0.15, -0.1) is 0 Å². The standard InChI is InChI=1S/C11H13BrF3NS/c1-2-8-7-9(12)3-4-10(8)16-5-6-17-11(13,14)15/h3-4,7,16H,2,5-6H2,1H3. The Labute approximate surface area is 111 Å². The van der Waals surface area contributed by atoms with E-state index < -0.39 is 5.51 Å². The minimum Gasteiger partial charge on any atom is -0.384 e. The summed E-state index contributed by atoms with van der Waals surface area (Å²) in [4.78, 5) is 0. The normalized spacial score (nSPS) is 11.6. The fraction of sp³-hybridized carbons (Fsp3) is 0.455. The summed E-state index contributed by atoms with van der Waals surface area (Å²) in [6.07, 6.45) is 0.841. The molecule has 0 aliphatic heterocycles. The van der Waals surface area contributed by atoms with Crippen LogP contribution in [-0.4, -0.2) is 17.8 Å². The molecule has 1 N–H and O–H groups in total. The molecule has 0 aromatic heterocycles. The quantitative estimate of drug-likeness (QED) is 0.788. The predicted molar refractivity (Wildman–Crippen MR) is 70.5 cm³/mol. The van der Waals surface area contributed by atoms with Crippen LogP contribution < -0.4 is 5.32 Å². The molecule has 0 spiro atoms. The average Bonchev–Trinajstić information content (AvgIpc) is 2.24. The maximum Gasteiger partial charge on any atom is 0.441 e. The lowest BCUT2D eigenvalue weighted by atomic mass is 10.1. The molecule has 0 amide bonds. The van der Waals surface area contributed by atoms with E-state index in [1.807, 2.05) is 25.1 Å². The second kappa shape index (κ2) is 6.54. The Morgan fingerprint density at radius 3 is 2.65 bits per heavy atom. The number of nitrogens with one attached hydrogen (secondary N) is 1. The summed E-state index contributed by atoms with van der Waals surface area (Å²) in [5.74, 6) is 0.0166. The SMILES string of the molecule is CCc1cc(Br)ccc1NCCSC(F)(F)F. The lowest BCUT2D eigenvalue weighted by molar-refractivity contribution is -0.0327.